The lowest BCUT2D eigenvalue weighted by molar-refractivity contribution is 0.435. The second-order valence-electron chi connectivity index (χ2n) is 6.69. The normalized spacial score (nSPS) is 21.8. The molecule has 29 heavy (non-hydrogen) atoms. The van der Waals surface area contributed by atoms with Crippen molar-refractivity contribution in [1.29, 1.82) is 0 Å². The number of rotatable bonds is 3. The van der Waals surface area contributed by atoms with Crippen molar-refractivity contribution >= 4 is 27.9 Å². The van der Waals surface area contributed by atoms with E-state index in [1.54, 1.807) is 0 Å². The van der Waals surface area contributed by atoms with Gasteiger partial charge >= 0.3 is 0 Å². The Kier molecular flexibility index (Phi) is 5.11. The average Bonchev–Trinajstić information content (AvgIpc) is 2.62. The van der Waals surface area contributed by atoms with Gasteiger partial charge in [0.25, 0.3) is 0 Å². The Morgan fingerprint density at radius 1 is 1.28 bits per heavy atom. The predicted octanol–water partition coefficient (Wildman–Crippen LogP) is 2.77. The Balaban J connectivity index is 2.11. The lowest BCUT2D eigenvalue weighted by Gasteiger charge is -2.34. The number of aromatic nitrogens is 1. The van der Waals surface area contributed by atoms with Crippen LogP contribution < -0.4 is 5.73 Å². The first-order valence-electron chi connectivity index (χ1n) is 8.23. The Morgan fingerprint density at radius 3 is 2.55 bits per heavy atom. The lowest BCUT2D eigenvalue weighted by Crippen LogP contribution is -2.50. The molecule has 1 aliphatic rings. The number of guanidine groups is 1. The van der Waals surface area contributed by atoms with E-state index >= 15 is 0 Å². The van der Waals surface area contributed by atoms with E-state index in [-0.39, 0.29) is 17.2 Å². The number of nitrogens with zero attached hydrogens (tertiary/aromatic N) is 3. The third kappa shape index (κ3) is 3.95. The van der Waals surface area contributed by atoms with E-state index in [1.807, 2.05) is 0 Å². The molecule has 2 aromatic rings. The number of hydrogen-bond donors (Lipinski definition) is 1. The third-order valence-corrected chi connectivity index (χ3v) is 6.41. The summed E-state index contributed by atoms with van der Waals surface area (Å²) in [5.41, 5.74) is 3.19. The molecule has 6 nitrogen and oxygen atoms in total. The van der Waals surface area contributed by atoms with Crippen molar-refractivity contribution in [2.24, 2.45) is 10.7 Å². The maximum Gasteiger partial charge on any atom is 0.239 e. The van der Waals surface area contributed by atoms with Crippen molar-refractivity contribution < 1.29 is 26.0 Å². The number of aliphatic imine (C=N–C) groups is 1. The topological polar surface area (TPSA) is 88.7 Å². The molecule has 2 N–H and O–H groups in total. The monoisotopic (exact) mass is 428 g/mol. The molecule has 1 aromatic carbocycles. The van der Waals surface area contributed by atoms with Crippen LogP contribution in [0, 0.1) is 17.5 Å². The second kappa shape index (κ2) is 7.14. The van der Waals surface area contributed by atoms with E-state index in [1.165, 1.54) is 14.0 Å². The van der Waals surface area contributed by atoms with Crippen molar-refractivity contribution in [2.75, 3.05) is 12.8 Å². The molecule has 3 rings (SSSR count). The summed E-state index contributed by atoms with van der Waals surface area (Å²) in [7, 11) is -2.74. The quantitative estimate of drug-likeness (QED) is 0.762. The summed E-state index contributed by atoms with van der Waals surface area (Å²) in [5, 5.41) is 0. The highest BCUT2D eigenvalue weighted by atomic mass is 32.2. The van der Waals surface area contributed by atoms with Gasteiger partial charge in [0.2, 0.25) is 16.0 Å². The van der Waals surface area contributed by atoms with E-state index in [0.29, 0.717) is 0 Å². The molecule has 0 spiro atoms. The molecule has 0 saturated heterocycles. The predicted molar refractivity (Wildman–Crippen MR) is 100 cm³/mol. The maximum absolute atomic E-state index is 14.5. The zero-order valence-electron chi connectivity index (χ0n) is 15.3. The molecule has 1 atom stereocenters. The molecule has 0 amide bonds. The highest BCUT2D eigenvalue weighted by Gasteiger charge is 2.42. The summed E-state index contributed by atoms with van der Waals surface area (Å²) in [6, 6.07) is 3.90. The van der Waals surface area contributed by atoms with Crippen molar-refractivity contribution in [2.45, 2.75) is 12.5 Å². The van der Waals surface area contributed by atoms with Crippen molar-refractivity contribution in [3.05, 3.63) is 64.7 Å². The van der Waals surface area contributed by atoms with E-state index in [0.717, 1.165) is 40.8 Å². The molecule has 0 aliphatic carbocycles. The maximum atomic E-state index is 14.5. The molecular weight excluding hydrogens is 412 g/mol. The number of sulfonamides is 1. The Bertz CT molecular complexity index is 1130. The molecule has 0 bridgehead atoms. The van der Waals surface area contributed by atoms with Gasteiger partial charge in [0.15, 0.2) is 11.6 Å². The van der Waals surface area contributed by atoms with Crippen molar-refractivity contribution in [1.82, 2.24) is 9.29 Å². The Morgan fingerprint density at radius 2 is 1.97 bits per heavy atom. The molecular formula is C18H16F4N4O2S. The number of pyridine rings is 1. The zero-order valence-corrected chi connectivity index (χ0v) is 16.1. The van der Waals surface area contributed by atoms with Crippen LogP contribution in [-0.2, 0) is 15.6 Å². The van der Waals surface area contributed by atoms with Crippen LogP contribution in [0.1, 0.15) is 23.7 Å². The molecule has 2 heterocycles. The number of hydrogen-bond acceptors (Lipinski definition) is 5. The highest BCUT2D eigenvalue weighted by Crippen LogP contribution is 2.35. The molecule has 0 saturated carbocycles. The van der Waals surface area contributed by atoms with E-state index in [2.05, 4.69) is 9.98 Å². The SMILES string of the molecule is CN1C(N)=NC(C)(c2cc(C=C(F)c3ccc(F)cn3)cc(F)c2F)CS1(=O)=O. The molecule has 0 fully saturated rings. The summed E-state index contributed by atoms with van der Waals surface area (Å²) in [6.07, 6.45) is 1.67. The summed E-state index contributed by atoms with van der Waals surface area (Å²) < 4.78 is 81.4. The smallest absolute Gasteiger partial charge is 0.239 e. The van der Waals surface area contributed by atoms with E-state index in [9.17, 15) is 26.0 Å². The van der Waals surface area contributed by atoms with Gasteiger partial charge in [0.05, 0.1) is 17.6 Å². The number of benzene rings is 1. The first-order chi connectivity index (χ1) is 13.4. The first-order valence-corrected chi connectivity index (χ1v) is 9.84. The minimum Gasteiger partial charge on any atom is -0.369 e. The minimum atomic E-state index is -3.93. The van der Waals surface area contributed by atoms with Gasteiger partial charge in [0, 0.05) is 12.6 Å². The Labute approximate surface area is 164 Å². The summed E-state index contributed by atoms with van der Waals surface area (Å²) >= 11 is 0. The molecule has 1 aromatic heterocycles. The summed E-state index contributed by atoms with van der Waals surface area (Å²) in [5.74, 6) is -5.28. The minimum absolute atomic E-state index is 0.103. The fourth-order valence-electron chi connectivity index (χ4n) is 2.91. The van der Waals surface area contributed by atoms with Gasteiger partial charge in [-0.05, 0) is 42.8 Å². The van der Waals surface area contributed by atoms with Crippen LogP contribution in [0.4, 0.5) is 17.6 Å². The van der Waals surface area contributed by atoms with Gasteiger partial charge in [-0.2, -0.15) is 0 Å². The summed E-state index contributed by atoms with van der Waals surface area (Å²) in [6.45, 7) is 1.29. The molecule has 11 heteroatoms. The van der Waals surface area contributed by atoms with Gasteiger partial charge in [-0.3, -0.25) is 4.98 Å². The summed E-state index contributed by atoms with van der Waals surface area (Å²) in [4.78, 5) is 7.59. The second-order valence-corrected chi connectivity index (χ2v) is 8.69. The van der Waals surface area contributed by atoms with Crippen molar-refractivity contribution in [3.63, 3.8) is 0 Å². The van der Waals surface area contributed by atoms with Crippen LogP contribution >= 0.6 is 0 Å². The highest BCUT2D eigenvalue weighted by molar-refractivity contribution is 7.89. The molecule has 154 valence electrons. The number of halogens is 4. The van der Waals surface area contributed by atoms with Crippen molar-refractivity contribution in [3.8, 4) is 0 Å². The van der Waals surface area contributed by atoms with Crippen LogP contribution in [0.5, 0.6) is 0 Å². The third-order valence-electron chi connectivity index (χ3n) is 4.46. The number of nitrogens with two attached hydrogens (primary N) is 1. The van der Waals surface area contributed by atoms with Crippen LogP contribution in [0.15, 0.2) is 35.5 Å². The zero-order chi connectivity index (χ0) is 21.6. The van der Waals surface area contributed by atoms with Gasteiger partial charge < -0.3 is 5.73 Å². The van der Waals surface area contributed by atoms with Gasteiger partial charge in [-0.1, -0.05) is 0 Å². The van der Waals surface area contributed by atoms with Gasteiger partial charge in [0.1, 0.15) is 17.2 Å². The first kappa shape index (κ1) is 20.8. The van der Waals surface area contributed by atoms with Crippen LogP contribution in [-0.4, -0.2) is 36.5 Å². The van der Waals surface area contributed by atoms with Gasteiger partial charge in [-0.15, -0.1) is 0 Å². The van der Waals surface area contributed by atoms with Crippen LogP contribution in [0.2, 0.25) is 0 Å². The molecule has 1 unspecified atom stereocenters. The fraction of sp³-hybridized carbons (Fsp3) is 0.222. The molecule has 1 aliphatic heterocycles. The van der Waals surface area contributed by atoms with Crippen LogP contribution in [0.3, 0.4) is 0 Å². The Hall–Kier alpha value is -2.95. The average molecular weight is 428 g/mol. The van der Waals surface area contributed by atoms with E-state index < -0.39 is 50.2 Å². The standard InChI is InChI=1S/C18H16F4N4O2S/c1-18(9-29(27,28)26(2)17(23)25-18)12-5-10(7-14(21)16(12)22)6-13(20)15-4-3-11(19)8-24-15/h3-8H,9H2,1-2H3,(H2,23,25). The lowest BCUT2D eigenvalue weighted by atomic mass is 9.92. The van der Waals surface area contributed by atoms with E-state index in [4.69, 9.17) is 5.73 Å². The fourth-order valence-corrected chi connectivity index (χ4v) is 4.36. The largest absolute Gasteiger partial charge is 0.369 e. The van der Waals surface area contributed by atoms with Crippen LogP contribution in [0.25, 0.3) is 11.9 Å². The molecule has 0 radical (unpaired) electrons. The van der Waals surface area contributed by atoms with Gasteiger partial charge in [-0.25, -0.2) is 35.3 Å².